The summed E-state index contributed by atoms with van der Waals surface area (Å²) in [6.07, 6.45) is 0. The molecular formula is C12H16O6. The summed E-state index contributed by atoms with van der Waals surface area (Å²) in [7, 11) is 0. The van der Waals surface area contributed by atoms with Crippen molar-refractivity contribution >= 4 is 11.9 Å². The average molecular weight is 256 g/mol. The van der Waals surface area contributed by atoms with Gasteiger partial charge in [0, 0.05) is 11.1 Å². The van der Waals surface area contributed by atoms with Crippen molar-refractivity contribution in [2.24, 2.45) is 0 Å². The van der Waals surface area contributed by atoms with E-state index in [1.807, 2.05) is 0 Å². The monoisotopic (exact) mass is 256 g/mol. The zero-order valence-corrected chi connectivity index (χ0v) is 10.5. The molecule has 0 aliphatic carbocycles. The summed E-state index contributed by atoms with van der Waals surface area (Å²) in [5, 5.41) is 0. The molecule has 1 aliphatic rings. The maximum Gasteiger partial charge on any atom is 0.401 e. The van der Waals surface area contributed by atoms with E-state index in [2.05, 4.69) is 13.2 Å². The lowest BCUT2D eigenvalue weighted by Gasteiger charge is -2.34. The molecule has 0 aromatic heterocycles. The third-order valence-corrected chi connectivity index (χ3v) is 2.02. The van der Waals surface area contributed by atoms with Crippen LogP contribution in [0.2, 0.25) is 0 Å². The van der Waals surface area contributed by atoms with Gasteiger partial charge in [-0.3, -0.25) is 0 Å². The van der Waals surface area contributed by atoms with Gasteiger partial charge < -0.3 is 18.9 Å². The van der Waals surface area contributed by atoms with Gasteiger partial charge in [-0.2, -0.15) is 0 Å². The van der Waals surface area contributed by atoms with Crippen molar-refractivity contribution < 1.29 is 28.5 Å². The van der Waals surface area contributed by atoms with E-state index in [1.165, 1.54) is 13.8 Å². The van der Waals surface area contributed by atoms with Crippen molar-refractivity contribution in [3.8, 4) is 0 Å². The Morgan fingerprint density at radius 2 is 1.56 bits per heavy atom. The van der Waals surface area contributed by atoms with E-state index in [9.17, 15) is 9.59 Å². The van der Waals surface area contributed by atoms with Gasteiger partial charge in [0.05, 0.1) is 13.2 Å². The van der Waals surface area contributed by atoms with E-state index in [-0.39, 0.29) is 24.4 Å². The summed E-state index contributed by atoms with van der Waals surface area (Å²) < 4.78 is 20.3. The summed E-state index contributed by atoms with van der Waals surface area (Å²) in [5.41, 5.74) is 0.324. The number of esters is 2. The highest BCUT2D eigenvalue weighted by Gasteiger charge is 2.43. The smallest absolute Gasteiger partial charge is 0.393 e. The average Bonchev–Trinajstić information content (AvgIpc) is 2.29. The van der Waals surface area contributed by atoms with Gasteiger partial charge in [-0.25, -0.2) is 9.59 Å². The van der Waals surface area contributed by atoms with Crippen LogP contribution in [0.25, 0.3) is 0 Å². The lowest BCUT2D eigenvalue weighted by Crippen LogP contribution is -2.50. The Kier molecular flexibility index (Phi) is 4.63. The number of rotatable bonds is 4. The highest BCUT2D eigenvalue weighted by atomic mass is 16.9. The van der Waals surface area contributed by atoms with Gasteiger partial charge >= 0.3 is 17.9 Å². The highest BCUT2D eigenvalue weighted by Crippen LogP contribution is 2.22. The van der Waals surface area contributed by atoms with Gasteiger partial charge in [0.25, 0.3) is 0 Å². The zero-order chi connectivity index (χ0) is 13.8. The molecular weight excluding hydrogens is 240 g/mol. The van der Waals surface area contributed by atoms with Crippen molar-refractivity contribution in [3.05, 3.63) is 24.3 Å². The fourth-order valence-corrected chi connectivity index (χ4v) is 1.09. The van der Waals surface area contributed by atoms with Crippen LogP contribution in [-0.4, -0.2) is 37.7 Å². The van der Waals surface area contributed by atoms with Crippen LogP contribution < -0.4 is 0 Å². The third kappa shape index (κ3) is 3.68. The molecule has 0 saturated carbocycles. The van der Waals surface area contributed by atoms with Crippen LogP contribution in [0, 0.1) is 0 Å². The van der Waals surface area contributed by atoms with E-state index >= 15 is 0 Å². The second-order valence-electron chi connectivity index (χ2n) is 3.92. The van der Waals surface area contributed by atoms with Crippen molar-refractivity contribution in [1.82, 2.24) is 0 Å². The van der Waals surface area contributed by atoms with E-state index in [4.69, 9.17) is 18.9 Å². The first-order valence-electron chi connectivity index (χ1n) is 5.36. The normalized spacial score (nSPS) is 17.7. The Bertz CT molecular complexity index is 348. The van der Waals surface area contributed by atoms with Crippen LogP contribution in [0.1, 0.15) is 13.8 Å². The Hall–Kier alpha value is -1.66. The van der Waals surface area contributed by atoms with Crippen LogP contribution in [0.3, 0.4) is 0 Å². The minimum atomic E-state index is -1.86. The van der Waals surface area contributed by atoms with Gasteiger partial charge in [0.15, 0.2) is 6.61 Å². The van der Waals surface area contributed by atoms with Gasteiger partial charge in [-0.15, -0.1) is 0 Å². The van der Waals surface area contributed by atoms with E-state index < -0.39 is 17.9 Å². The molecule has 0 atom stereocenters. The predicted molar refractivity (Wildman–Crippen MR) is 61.3 cm³/mol. The molecule has 0 unspecified atom stereocenters. The molecule has 6 heteroatoms. The van der Waals surface area contributed by atoms with Gasteiger partial charge in [-0.1, -0.05) is 13.2 Å². The summed E-state index contributed by atoms with van der Waals surface area (Å²) >= 11 is 0. The molecule has 0 bridgehead atoms. The highest BCUT2D eigenvalue weighted by molar-refractivity contribution is 5.88. The van der Waals surface area contributed by atoms with E-state index in [0.717, 1.165) is 0 Å². The van der Waals surface area contributed by atoms with Crippen molar-refractivity contribution in [2.45, 2.75) is 19.8 Å². The summed E-state index contributed by atoms with van der Waals surface area (Å²) in [5.74, 6) is -3.31. The molecule has 1 saturated heterocycles. The minimum Gasteiger partial charge on any atom is -0.393 e. The summed E-state index contributed by atoms with van der Waals surface area (Å²) in [4.78, 5) is 23.0. The molecule has 1 rings (SSSR count). The number of ether oxygens (including phenoxy) is 4. The predicted octanol–water partition coefficient (Wildman–Crippen LogP) is 0.926. The topological polar surface area (TPSA) is 71.1 Å². The van der Waals surface area contributed by atoms with Crippen LogP contribution >= 0.6 is 0 Å². The third-order valence-electron chi connectivity index (χ3n) is 2.02. The standard InChI is InChI=1S/C12H16O6/c1-8(2)10(13)17-12(7-15-5-6-16-12)18-11(14)9(3)4/h1,3,5-7H2,2,4H3. The first-order valence-corrected chi connectivity index (χ1v) is 5.36. The number of carbonyl (C=O) groups excluding carboxylic acids is 2. The number of hydrogen-bond donors (Lipinski definition) is 0. The molecule has 0 amide bonds. The van der Waals surface area contributed by atoms with Gasteiger partial charge in [-0.05, 0) is 13.8 Å². The van der Waals surface area contributed by atoms with Gasteiger partial charge in [0.2, 0.25) is 0 Å². The maximum atomic E-state index is 11.5. The van der Waals surface area contributed by atoms with E-state index in [1.54, 1.807) is 0 Å². The van der Waals surface area contributed by atoms with Crippen LogP contribution in [-0.2, 0) is 28.5 Å². The maximum absolute atomic E-state index is 11.5. The zero-order valence-electron chi connectivity index (χ0n) is 10.5. The molecule has 1 fully saturated rings. The Balaban J connectivity index is 2.81. The fraction of sp³-hybridized carbons (Fsp3) is 0.500. The molecule has 18 heavy (non-hydrogen) atoms. The number of carbonyl (C=O) groups is 2. The summed E-state index contributed by atoms with van der Waals surface area (Å²) in [6.45, 7) is 10.1. The van der Waals surface area contributed by atoms with Crippen LogP contribution in [0.15, 0.2) is 24.3 Å². The molecule has 100 valence electrons. The summed E-state index contributed by atoms with van der Waals surface area (Å²) in [6, 6.07) is 0. The largest absolute Gasteiger partial charge is 0.401 e. The molecule has 0 aromatic carbocycles. The molecule has 0 spiro atoms. The molecule has 0 aromatic rings. The lowest BCUT2D eigenvalue weighted by molar-refractivity contribution is -0.379. The van der Waals surface area contributed by atoms with Crippen molar-refractivity contribution in [3.63, 3.8) is 0 Å². The second kappa shape index (κ2) is 5.79. The Morgan fingerprint density at radius 3 is 1.89 bits per heavy atom. The molecule has 6 nitrogen and oxygen atoms in total. The number of hydrogen-bond acceptors (Lipinski definition) is 6. The fourth-order valence-electron chi connectivity index (χ4n) is 1.09. The van der Waals surface area contributed by atoms with Crippen LogP contribution in [0.5, 0.6) is 0 Å². The molecule has 0 N–H and O–H groups in total. The van der Waals surface area contributed by atoms with Crippen LogP contribution in [0.4, 0.5) is 0 Å². The Morgan fingerprint density at radius 1 is 1.06 bits per heavy atom. The first kappa shape index (κ1) is 14.4. The lowest BCUT2D eigenvalue weighted by atomic mass is 10.3. The molecule has 0 radical (unpaired) electrons. The SMILES string of the molecule is C=C(C)C(=O)OC1(OC(=O)C(=C)C)COCCO1. The minimum absolute atomic E-state index is 0.146. The molecule has 1 aliphatic heterocycles. The Labute approximate surface area is 105 Å². The van der Waals surface area contributed by atoms with Gasteiger partial charge in [0.1, 0.15) is 0 Å². The quantitative estimate of drug-likeness (QED) is 0.423. The van der Waals surface area contributed by atoms with Crippen molar-refractivity contribution in [1.29, 1.82) is 0 Å². The van der Waals surface area contributed by atoms with Crippen molar-refractivity contribution in [2.75, 3.05) is 19.8 Å². The second-order valence-corrected chi connectivity index (χ2v) is 3.92. The molecule has 1 heterocycles. The first-order chi connectivity index (χ1) is 8.36. The van der Waals surface area contributed by atoms with E-state index in [0.29, 0.717) is 6.61 Å².